The first-order valence-electron chi connectivity index (χ1n) is 6.84. The van der Waals surface area contributed by atoms with Crippen molar-refractivity contribution in [2.24, 2.45) is 0 Å². The molecule has 0 bridgehead atoms. The summed E-state index contributed by atoms with van der Waals surface area (Å²) in [5.74, 6) is 0.323. The van der Waals surface area contributed by atoms with Gasteiger partial charge in [-0.05, 0) is 26.2 Å². The molecule has 0 spiro atoms. The second kappa shape index (κ2) is 12.7. The van der Waals surface area contributed by atoms with Crippen LogP contribution in [0, 0.1) is 0 Å². The van der Waals surface area contributed by atoms with E-state index in [2.05, 4.69) is 6.92 Å². The molecule has 0 unspecified atom stereocenters. The quantitative estimate of drug-likeness (QED) is 0.470. The number of unbranched alkanes of at least 4 members (excludes halogenated alkanes) is 6. The van der Waals surface area contributed by atoms with Gasteiger partial charge in [0.2, 0.25) is 0 Å². The van der Waals surface area contributed by atoms with Crippen LogP contribution in [0.5, 0.6) is 0 Å². The first-order valence-corrected chi connectivity index (χ1v) is 6.84. The minimum atomic E-state index is 0.323. The van der Waals surface area contributed by atoms with Gasteiger partial charge in [-0.15, -0.1) is 0 Å². The average molecular weight is 228 g/mol. The number of ketones is 1. The van der Waals surface area contributed by atoms with Gasteiger partial charge in [0.1, 0.15) is 5.78 Å². The topological polar surface area (TPSA) is 26.3 Å². The van der Waals surface area contributed by atoms with Crippen LogP contribution in [0.1, 0.15) is 71.6 Å². The molecule has 0 N–H and O–H groups in total. The zero-order valence-electron chi connectivity index (χ0n) is 11.1. The molecule has 0 aromatic carbocycles. The van der Waals surface area contributed by atoms with Crippen LogP contribution < -0.4 is 0 Å². The van der Waals surface area contributed by atoms with Crippen molar-refractivity contribution in [3.63, 3.8) is 0 Å². The molecule has 16 heavy (non-hydrogen) atoms. The fourth-order valence-electron chi connectivity index (χ4n) is 1.63. The lowest BCUT2D eigenvalue weighted by atomic mass is 10.1. The summed E-state index contributed by atoms with van der Waals surface area (Å²) in [5, 5.41) is 0. The van der Waals surface area contributed by atoms with E-state index in [4.69, 9.17) is 4.74 Å². The fraction of sp³-hybridized carbons (Fsp3) is 0.929. The van der Waals surface area contributed by atoms with Gasteiger partial charge in [-0.2, -0.15) is 0 Å². The molecule has 0 rings (SSSR count). The molecule has 0 aromatic heterocycles. The number of hydrogen-bond acceptors (Lipinski definition) is 2. The summed E-state index contributed by atoms with van der Waals surface area (Å²) in [4.78, 5) is 10.7. The molecule has 2 nitrogen and oxygen atoms in total. The molecule has 0 atom stereocenters. The first kappa shape index (κ1) is 15.6. The Kier molecular flexibility index (Phi) is 12.4. The number of hydrogen-bond donors (Lipinski definition) is 0. The molecule has 0 saturated carbocycles. The number of carbonyl (C=O) groups excluding carboxylic acids is 1. The van der Waals surface area contributed by atoms with Crippen molar-refractivity contribution in [1.29, 1.82) is 0 Å². The highest BCUT2D eigenvalue weighted by molar-refractivity contribution is 5.75. The van der Waals surface area contributed by atoms with E-state index >= 15 is 0 Å². The van der Waals surface area contributed by atoms with E-state index in [9.17, 15) is 4.79 Å². The van der Waals surface area contributed by atoms with E-state index in [1.165, 1.54) is 44.9 Å². The Bertz CT molecular complexity index is 155. The van der Waals surface area contributed by atoms with Gasteiger partial charge in [0.25, 0.3) is 0 Å². The molecule has 0 aliphatic rings. The van der Waals surface area contributed by atoms with E-state index in [1.807, 2.05) is 0 Å². The SMILES string of the molecule is CCCCOCCCCCCCCC(C)=O. The van der Waals surface area contributed by atoms with E-state index < -0.39 is 0 Å². The van der Waals surface area contributed by atoms with Crippen molar-refractivity contribution < 1.29 is 9.53 Å². The van der Waals surface area contributed by atoms with Gasteiger partial charge in [0.05, 0.1) is 0 Å². The minimum absolute atomic E-state index is 0.323. The highest BCUT2D eigenvalue weighted by Crippen LogP contribution is 2.07. The molecule has 96 valence electrons. The van der Waals surface area contributed by atoms with Crippen LogP contribution in [0.4, 0.5) is 0 Å². The summed E-state index contributed by atoms with van der Waals surface area (Å²) in [6.45, 7) is 5.71. The lowest BCUT2D eigenvalue weighted by Gasteiger charge is -2.03. The van der Waals surface area contributed by atoms with Gasteiger partial charge in [0.15, 0.2) is 0 Å². The molecule has 0 fully saturated rings. The second-order valence-electron chi connectivity index (χ2n) is 4.54. The summed E-state index contributed by atoms with van der Waals surface area (Å²) in [6.07, 6.45) is 10.5. The van der Waals surface area contributed by atoms with E-state index in [1.54, 1.807) is 6.92 Å². The maximum Gasteiger partial charge on any atom is 0.129 e. The summed E-state index contributed by atoms with van der Waals surface area (Å²) in [6, 6.07) is 0. The number of Topliss-reactive ketones (excluding diaryl/α,β-unsaturated/α-hetero) is 1. The Balaban J connectivity index is 2.90. The molecule has 0 aliphatic carbocycles. The van der Waals surface area contributed by atoms with Crippen molar-refractivity contribution in [3.8, 4) is 0 Å². The third-order valence-corrected chi connectivity index (χ3v) is 2.71. The normalized spacial score (nSPS) is 10.6. The largest absolute Gasteiger partial charge is 0.381 e. The van der Waals surface area contributed by atoms with E-state index in [0.717, 1.165) is 26.1 Å². The van der Waals surface area contributed by atoms with Gasteiger partial charge in [-0.1, -0.05) is 39.0 Å². The van der Waals surface area contributed by atoms with Crippen LogP contribution in [0.15, 0.2) is 0 Å². The first-order chi connectivity index (χ1) is 7.77. The number of ether oxygens (including phenoxy) is 1. The van der Waals surface area contributed by atoms with Crippen LogP contribution >= 0.6 is 0 Å². The maximum absolute atomic E-state index is 10.7. The molecule has 0 aliphatic heterocycles. The third-order valence-electron chi connectivity index (χ3n) is 2.71. The lowest BCUT2D eigenvalue weighted by Crippen LogP contribution is -1.96. The van der Waals surface area contributed by atoms with Gasteiger partial charge in [0, 0.05) is 19.6 Å². The van der Waals surface area contributed by atoms with Crippen molar-refractivity contribution in [3.05, 3.63) is 0 Å². The molecular weight excluding hydrogens is 200 g/mol. The predicted octanol–water partition coefficient (Wildman–Crippen LogP) is 4.12. The number of rotatable bonds is 12. The van der Waals surface area contributed by atoms with Crippen molar-refractivity contribution in [2.45, 2.75) is 71.6 Å². The molecule has 0 saturated heterocycles. The highest BCUT2D eigenvalue weighted by Gasteiger charge is 1.94. The van der Waals surface area contributed by atoms with Crippen molar-refractivity contribution in [1.82, 2.24) is 0 Å². The summed E-state index contributed by atoms with van der Waals surface area (Å²) >= 11 is 0. The van der Waals surface area contributed by atoms with Crippen LogP contribution in [0.3, 0.4) is 0 Å². The monoisotopic (exact) mass is 228 g/mol. The maximum atomic E-state index is 10.7. The van der Waals surface area contributed by atoms with Crippen LogP contribution in [0.25, 0.3) is 0 Å². The Morgan fingerprint density at radius 1 is 0.875 bits per heavy atom. The van der Waals surface area contributed by atoms with Gasteiger partial charge >= 0.3 is 0 Å². The smallest absolute Gasteiger partial charge is 0.129 e. The zero-order valence-corrected chi connectivity index (χ0v) is 11.1. The Morgan fingerprint density at radius 2 is 1.44 bits per heavy atom. The van der Waals surface area contributed by atoms with Gasteiger partial charge in [-0.3, -0.25) is 0 Å². The third kappa shape index (κ3) is 13.6. The highest BCUT2D eigenvalue weighted by atomic mass is 16.5. The second-order valence-corrected chi connectivity index (χ2v) is 4.54. The van der Waals surface area contributed by atoms with Crippen LogP contribution in [-0.4, -0.2) is 19.0 Å². The molecule has 2 heteroatoms. The fourth-order valence-corrected chi connectivity index (χ4v) is 1.63. The standard InChI is InChI=1S/C14H28O2/c1-3-4-12-16-13-10-8-6-5-7-9-11-14(2)15/h3-13H2,1-2H3. The average Bonchev–Trinajstić information content (AvgIpc) is 2.25. The number of carbonyl (C=O) groups is 1. The Morgan fingerprint density at radius 3 is 2.06 bits per heavy atom. The van der Waals surface area contributed by atoms with Crippen LogP contribution in [-0.2, 0) is 9.53 Å². The molecular formula is C14H28O2. The molecule has 0 aromatic rings. The van der Waals surface area contributed by atoms with Gasteiger partial charge < -0.3 is 9.53 Å². The summed E-state index contributed by atoms with van der Waals surface area (Å²) in [7, 11) is 0. The molecule has 0 heterocycles. The van der Waals surface area contributed by atoms with Crippen molar-refractivity contribution in [2.75, 3.05) is 13.2 Å². The van der Waals surface area contributed by atoms with E-state index in [-0.39, 0.29) is 0 Å². The van der Waals surface area contributed by atoms with Crippen LogP contribution in [0.2, 0.25) is 0 Å². The van der Waals surface area contributed by atoms with E-state index in [0.29, 0.717) is 5.78 Å². The lowest BCUT2D eigenvalue weighted by molar-refractivity contribution is -0.117. The predicted molar refractivity (Wildman–Crippen MR) is 68.7 cm³/mol. The summed E-state index contributed by atoms with van der Waals surface area (Å²) < 4.78 is 5.49. The Hall–Kier alpha value is -0.370. The summed E-state index contributed by atoms with van der Waals surface area (Å²) in [5.41, 5.74) is 0. The minimum Gasteiger partial charge on any atom is -0.381 e. The van der Waals surface area contributed by atoms with Crippen molar-refractivity contribution >= 4 is 5.78 Å². The molecule has 0 amide bonds. The zero-order chi connectivity index (χ0) is 12.1. The van der Waals surface area contributed by atoms with Gasteiger partial charge in [-0.25, -0.2) is 0 Å². The molecule has 0 radical (unpaired) electrons. The Labute approximate surface area is 101 Å².